The van der Waals surface area contributed by atoms with Gasteiger partial charge in [0.1, 0.15) is 18.1 Å². The Labute approximate surface area is 217 Å². The van der Waals surface area contributed by atoms with Crippen molar-refractivity contribution in [3.05, 3.63) is 95.1 Å². The van der Waals surface area contributed by atoms with Gasteiger partial charge in [0.15, 0.2) is 0 Å². The summed E-state index contributed by atoms with van der Waals surface area (Å²) in [5, 5.41) is 10.0. The van der Waals surface area contributed by atoms with E-state index in [-0.39, 0.29) is 0 Å². The number of ether oxygens (including phenoxy) is 1. The normalized spacial score (nSPS) is 15.1. The van der Waals surface area contributed by atoms with Gasteiger partial charge in [-0.3, -0.25) is 0 Å². The summed E-state index contributed by atoms with van der Waals surface area (Å²) in [6, 6.07) is 25.4. The van der Waals surface area contributed by atoms with Gasteiger partial charge < -0.3 is 14.7 Å². The number of aryl methyl sites for hydroxylation is 1. The van der Waals surface area contributed by atoms with Crippen LogP contribution in [0.4, 0.5) is 0 Å². The first kappa shape index (κ1) is 26.0. The van der Waals surface area contributed by atoms with Crippen LogP contribution in [0.5, 0.6) is 11.5 Å². The Balaban J connectivity index is 1.79. The third-order valence-electron chi connectivity index (χ3n) is 7.34. The largest absolute Gasteiger partial charge is 0.508 e. The molecule has 3 aromatic carbocycles. The minimum atomic E-state index is 0.295. The van der Waals surface area contributed by atoms with Crippen LogP contribution >= 0.6 is 0 Å². The number of allylic oxidation sites excluding steroid dienone is 1. The number of aromatic hydroxyl groups is 1. The van der Waals surface area contributed by atoms with Crippen molar-refractivity contribution in [1.82, 2.24) is 4.90 Å². The lowest BCUT2D eigenvalue weighted by molar-refractivity contribution is 0.261. The van der Waals surface area contributed by atoms with Crippen molar-refractivity contribution < 1.29 is 9.84 Å². The molecular weight excluding hydrogens is 442 g/mol. The molecule has 1 fully saturated rings. The number of hydrogen-bond acceptors (Lipinski definition) is 3. The molecule has 0 spiro atoms. The Morgan fingerprint density at radius 2 is 1.39 bits per heavy atom. The number of rotatable bonds is 10. The summed E-state index contributed by atoms with van der Waals surface area (Å²) in [5.41, 5.74) is 7.64. The molecule has 3 aromatic rings. The molecule has 0 heterocycles. The van der Waals surface area contributed by atoms with E-state index in [0.717, 1.165) is 30.7 Å². The first-order valence-corrected chi connectivity index (χ1v) is 13.5. The van der Waals surface area contributed by atoms with Crippen LogP contribution in [0.2, 0.25) is 0 Å². The van der Waals surface area contributed by atoms with Gasteiger partial charge in [0.05, 0.1) is 0 Å². The van der Waals surface area contributed by atoms with Gasteiger partial charge in [-0.2, -0.15) is 0 Å². The molecule has 0 atom stereocenters. The summed E-state index contributed by atoms with van der Waals surface area (Å²) in [4.78, 5) is 2.13. The molecule has 4 rings (SSSR count). The van der Waals surface area contributed by atoms with Gasteiger partial charge in [-0.25, -0.2) is 0 Å². The van der Waals surface area contributed by atoms with E-state index >= 15 is 0 Å². The summed E-state index contributed by atoms with van der Waals surface area (Å²) in [6.45, 7) is 3.77. The number of benzene rings is 3. The Bertz CT molecular complexity index is 1110. The molecule has 0 aliphatic heterocycles. The monoisotopic (exact) mass is 483 g/mol. The molecule has 1 saturated carbocycles. The molecule has 3 nitrogen and oxygen atoms in total. The second-order valence-corrected chi connectivity index (χ2v) is 10.3. The summed E-state index contributed by atoms with van der Waals surface area (Å²) >= 11 is 0. The van der Waals surface area contributed by atoms with E-state index < -0.39 is 0 Å². The molecule has 190 valence electrons. The quantitative estimate of drug-likeness (QED) is 0.298. The topological polar surface area (TPSA) is 32.7 Å². The predicted octanol–water partition coefficient (Wildman–Crippen LogP) is 7.82. The van der Waals surface area contributed by atoms with Gasteiger partial charge in [0.2, 0.25) is 0 Å². The van der Waals surface area contributed by atoms with Gasteiger partial charge in [-0.15, -0.1) is 0 Å². The molecule has 1 N–H and O–H groups in total. The standard InChI is InChI=1S/C33H41NO2/c1-4-25-10-12-27(13-11-25)32(24-26-8-6-5-7-9-26)33(28-14-18-30(35)19-15-28)29-16-20-31(21-17-29)36-23-22-34(2)3/h10-21,26,35H,4-9,22-24H2,1-3H3/b33-32-. The van der Waals surface area contributed by atoms with E-state index in [2.05, 4.69) is 74.4 Å². The summed E-state index contributed by atoms with van der Waals surface area (Å²) < 4.78 is 5.97. The average Bonchev–Trinajstić information content (AvgIpc) is 2.90. The maximum Gasteiger partial charge on any atom is 0.119 e. The van der Waals surface area contributed by atoms with Gasteiger partial charge in [0.25, 0.3) is 0 Å². The Morgan fingerprint density at radius 3 is 1.97 bits per heavy atom. The van der Waals surface area contributed by atoms with Gasteiger partial charge in [-0.1, -0.05) is 87.6 Å². The fraction of sp³-hybridized carbons (Fsp3) is 0.394. The number of likely N-dealkylation sites (N-methyl/N-ethyl adjacent to an activating group) is 1. The van der Waals surface area contributed by atoms with Crippen LogP contribution < -0.4 is 4.74 Å². The highest BCUT2D eigenvalue weighted by Gasteiger charge is 2.21. The van der Waals surface area contributed by atoms with Crippen LogP contribution in [0, 0.1) is 5.92 Å². The van der Waals surface area contributed by atoms with E-state index in [0.29, 0.717) is 18.3 Å². The third-order valence-corrected chi connectivity index (χ3v) is 7.34. The first-order valence-electron chi connectivity index (χ1n) is 13.5. The highest BCUT2D eigenvalue weighted by Crippen LogP contribution is 2.40. The van der Waals surface area contributed by atoms with Crippen molar-refractivity contribution in [3.8, 4) is 11.5 Å². The molecule has 1 aliphatic carbocycles. The first-order chi connectivity index (χ1) is 17.5. The van der Waals surface area contributed by atoms with E-state index in [4.69, 9.17) is 4.74 Å². The highest BCUT2D eigenvalue weighted by atomic mass is 16.5. The lowest BCUT2D eigenvalue weighted by Crippen LogP contribution is -2.19. The molecule has 1 aliphatic rings. The van der Waals surface area contributed by atoms with Crippen LogP contribution in [0.3, 0.4) is 0 Å². The van der Waals surface area contributed by atoms with E-state index in [1.807, 2.05) is 12.1 Å². The number of hydrogen-bond donors (Lipinski definition) is 1. The Morgan fingerprint density at radius 1 is 0.806 bits per heavy atom. The maximum atomic E-state index is 10.0. The van der Waals surface area contributed by atoms with Crippen LogP contribution in [0.25, 0.3) is 11.1 Å². The number of nitrogens with zero attached hydrogens (tertiary/aromatic N) is 1. The zero-order chi connectivity index (χ0) is 25.3. The molecule has 0 bridgehead atoms. The molecule has 0 unspecified atom stereocenters. The van der Waals surface area contributed by atoms with E-state index in [1.165, 1.54) is 59.9 Å². The van der Waals surface area contributed by atoms with E-state index in [9.17, 15) is 5.11 Å². The second kappa shape index (κ2) is 12.8. The summed E-state index contributed by atoms with van der Waals surface area (Å²) in [6.07, 6.45) is 8.75. The Kier molecular flexibility index (Phi) is 9.24. The molecule has 0 radical (unpaired) electrons. The zero-order valence-electron chi connectivity index (χ0n) is 22.2. The summed E-state index contributed by atoms with van der Waals surface area (Å²) in [5.74, 6) is 1.90. The van der Waals surface area contributed by atoms with Crippen LogP contribution in [0.1, 0.15) is 67.7 Å². The van der Waals surface area contributed by atoms with Crippen molar-refractivity contribution in [1.29, 1.82) is 0 Å². The smallest absolute Gasteiger partial charge is 0.119 e. The predicted molar refractivity (Wildman–Crippen MR) is 152 cm³/mol. The highest BCUT2D eigenvalue weighted by molar-refractivity contribution is 5.98. The molecule has 0 aromatic heterocycles. The zero-order valence-corrected chi connectivity index (χ0v) is 22.2. The number of phenolic OH excluding ortho intramolecular Hbond substituents is 1. The van der Waals surface area contributed by atoms with Crippen molar-refractivity contribution >= 4 is 11.1 Å². The van der Waals surface area contributed by atoms with Crippen LogP contribution in [-0.2, 0) is 6.42 Å². The fourth-order valence-electron chi connectivity index (χ4n) is 5.19. The molecule has 36 heavy (non-hydrogen) atoms. The number of phenols is 1. The lowest BCUT2D eigenvalue weighted by atomic mass is 9.79. The average molecular weight is 484 g/mol. The van der Waals surface area contributed by atoms with Crippen molar-refractivity contribution in [2.45, 2.75) is 51.9 Å². The Hall–Kier alpha value is -3.04. The summed E-state index contributed by atoms with van der Waals surface area (Å²) in [7, 11) is 4.12. The van der Waals surface area contributed by atoms with Gasteiger partial charge in [-0.05, 0) is 90.5 Å². The minimum absolute atomic E-state index is 0.295. The van der Waals surface area contributed by atoms with Crippen molar-refractivity contribution in [3.63, 3.8) is 0 Å². The SMILES string of the molecule is CCc1ccc(/C(CC2CCCCC2)=C(/c2ccc(O)cc2)c2ccc(OCCN(C)C)cc2)cc1. The molecule has 3 heteroatoms. The van der Waals surface area contributed by atoms with Gasteiger partial charge >= 0.3 is 0 Å². The third kappa shape index (κ3) is 7.01. The maximum absolute atomic E-state index is 10.0. The van der Waals surface area contributed by atoms with Gasteiger partial charge in [0, 0.05) is 6.54 Å². The van der Waals surface area contributed by atoms with Crippen LogP contribution in [-0.4, -0.2) is 37.3 Å². The molecular formula is C33H41NO2. The van der Waals surface area contributed by atoms with Crippen LogP contribution in [0.15, 0.2) is 72.8 Å². The fourth-order valence-corrected chi connectivity index (χ4v) is 5.19. The molecule has 0 amide bonds. The second-order valence-electron chi connectivity index (χ2n) is 10.3. The molecule has 0 saturated heterocycles. The van der Waals surface area contributed by atoms with Crippen molar-refractivity contribution in [2.24, 2.45) is 5.92 Å². The minimum Gasteiger partial charge on any atom is -0.508 e. The lowest BCUT2D eigenvalue weighted by Gasteiger charge is -2.26. The van der Waals surface area contributed by atoms with Crippen molar-refractivity contribution in [2.75, 3.05) is 27.2 Å². The van der Waals surface area contributed by atoms with E-state index in [1.54, 1.807) is 12.1 Å².